The van der Waals surface area contributed by atoms with Crippen molar-refractivity contribution < 1.29 is 14.3 Å². The third-order valence-electron chi connectivity index (χ3n) is 3.30. The maximum atomic E-state index is 12.1. The van der Waals surface area contributed by atoms with Crippen molar-refractivity contribution >= 4 is 17.5 Å². The number of hydrogen-bond acceptors (Lipinski definition) is 4. The van der Waals surface area contributed by atoms with Gasteiger partial charge in [-0.1, -0.05) is 17.7 Å². The van der Waals surface area contributed by atoms with Crippen molar-refractivity contribution in [1.29, 1.82) is 0 Å². The molecule has 1 amide bonds. The Hall–Kier alpha value is -1.30. The standard InChI is InChI=1S/C14H19ClN2O3/c1-9-13(16-5-6-20-9)14(18)17-8-10-3-4-11(15)7-12(10)19-2/h3-4,7,9,13,16H,5-6,8H2,1-2H3,(H,17,18)/t9-,13+/m1/s1. The number of carbonyl (C=O) groups excluding carboxylic acids is 1. The van der Waals surface area contributed by atoms with E-state index in [1.807, 2.05) is 13.0 Å². The number of morpholine rings is 1. The maximum Gasteiger partial charge on any atom is 0.240 e. The molecule has 2 rings (SSSR count). The molecule has 110 valence electrons. The van der Waals surface area contributed by atoms with E-state index in [0.29, 0.717) is 30.5 Å². The molecule has 1 aromatic rings. The van der Waals surface area contributed by atoms with Crippen LogP contribution < -0.4 is 15.4 Å². The minimum absolute atomic E-state index is 0.0748. The summed E-state index contributed by atoms with van der Waals surface area (Å²) in [6.07, 6.45) is -0.129. The highest BCUT2D eigenvalue weighted by Gasteiger charge is 2.28. The SMILES string of the molecule is COc1cc(Cl)ccc1CNC(=O)[C@H]1NCCO[C@@H]1C. The lowest BCUT2D eigenvalue weighted by atomic mass is 10.1. The lowest BCUT2D eigenvalue weighted by Gasteiger charge is -2.29. The molecule has 1 aliphatic rings. The lowest BCUT2D eigenvalue weighted by Crippen LogP contribution is -2.55. The smallest absolute Gasteiger partial charge is 0.240 e. The monoisotopic (exact) mass is 298 g/mol. The van der Waals surface area contributed by atoms with Gasteiger partial charge in [0.2, 0.25) is 5.91 Å². The number of hydrogen-bond donors (Lipinski definition) is 2. The van der Waals surface area contributed by atoms with Gasteiger partial charge in [0.1, 0.15) is 11.8 Å². The number of halogens is 1. The van der Waals surface area contributed by atoms with Crippen LogP contribution in [0.5, 0.6) is 5.75 Å². The Balaban J connectivity index is 1.96. The molecular weight excluding hydrogens is 280 g/mol. The van der Waals surface area contributed by atoms with Crippen LogP contribution in [-0.4, -0.2) is 38.3 Å². The van der Waals surface area contributed by atoms with Crippen molar-refractivity contribution in [3.63, 3.8) is 0 Å². The molecule has 1 aliphatic heterocycles. The first-order valence-corrected chi connectivity index (χ1v) is 6.94. The fourth-order valence-electron chi connectivity index (χ4n) is 2.18. The second-order valence-corrected chi connectivity index (χ2v) is 5.12. The van der Waals surface area contributed by atoms with Gasteiger partial charge >= 0.3 is 0 Å². The number of benzene rings is 1. The highest BCUT2D eigenvalue weighted by atomic mass is 35.5. The minimum Gasteiger partial charge on any atom is -0.496 e. The van der Waals surface area contributed by atoms with Gasteiger partial charge in [0, 0.05) is 23.7 Å². The molecule has 0 spiro atoms. The number of methoxy groups -OCH3 is 1. The van der Waals surface area contributed by atoms with E-state index in [-0.39, 0.29) is 18.1 Å². The second-order valence-electron chi connectivity index (χ2n) is 4.68. The van der Waals surface area contributed by atoms with E-state index in [0.717, 1.165) is 5.56 Å². The third kappa shape index (κ3) is 3.62. The van der Waals surface area contributed by atoms with Crippen LogP contribution in [0.15, 0.2) is 18.2 Å². The molecule has 0 aromatic heterocycles. The first kappa shape index (κ1) is 15.1. The second kappa shape index (κ2) is 6.92. The van der Waals surface area contributed by atoms with Crippen LogP contribution >= 0.6 is 11.6 Å². The zero-order valence-corrected chi connectivity index (χ0v) is 12.4. The molecule has 5 nitrogen and oxygen atoms in total. The molecule has 1 aromatic carbocycles. The number of carbonyl (C=O) groups is 1. The summed E-state index contributed by atoms with van der Waals surface area (Å²) >= 11 is 5.91. The van der Waals surface area contributed by atoms with Crippen molar-refractivity contribution in [2.24, 2.45) is 0 Å². The van der Waals surface area contributed by atoms with Gasteiger partial charge in [-0.25, -0.2) is 0 Å². The molecule has 2 atom stereocenters. The Morgan fingerprint density at radius 2 is 2.40 bits per heavy atom. The molecule has 20 heavy (non-hydrogen) atoms. The Kier molecular flexibility index (Phi) is 5.23. The predicted molar refractivity (Wildman–Crippen MR) is 77.1 cm³/mol. The summed E-state index contributed by atoms with van der Waals surface area (Å²) in [5.41, 5.74) is 0.884. The molecule has 6 heteroatoms. The van der Waals surface area contributed by atoms with Gasteiger partial charge in [0.25, 0.3) is 0 Å². The molecule has 1 fully saturated rings. The molecule has 1 saturated heterocycles. The number of nitrogens with one attached hydrogen (secondary N) is 2. The summed E-state index contributed by atoms with van der Waals surface area (Å²) in [7, 11) is 1.58. The zero-order valence-electron chi connectivity index (χ0n) is 11.6. The molecule has 0 unspecified atom stereocenters. The van der Waals surface area contributed by atoms with Crippen LogP contribution in [-0.2, 0) is 16.1 Å². The Morgan fingerprint density at radius 1 is 1.60 bits per heavy atom. The number of rotatable bonds is 4. The summed E-state index contributed by atoms with van der Waals surface area (Å²) in [6, 6.07) is 5.03. The van der Waals surface area contributed by atoms with Crippen molar-refractivity contribution in [2.75, 3.05) is 20.3 Å². The van der Waals surface area contributed by atoms with Gasteiger partial charge in [-0.15, -0.1) is 0 Å². The van der Waals surface area contributed by atoms with Crippen LogP contribution in [0.25, 0.3) is 0 Å². The largest absolute Gasteiger partial charge is 0.496 e. The Morgan fingerprint density at radius 3 is 3.10 bits per heavy atom. The summed E-state index contributed by atoms with van der Waals surface area (Å²) < 4.78 is 10.7. The van der Waals surface area contributed by atoms with Crippen LogP contribution in [0.1, 0.15) is 12.5 Å². The maximum absolute atomic E-state index is 12.1. The zero-order chi connectivity index (χ0) is 14.5. The van der Waals surface area contributed by atoms with Gasteiger partial charge in [-0.3, -0.25) is 4.79 Å². The van der Waals surface area contributed by atoms with Crippen LogP contribution in [0.4, 0.5) is 0 Å². The fourth-order valence-corrected chi connectivity index (χ4v) is 2.35. The van der Waals surface area contributed by atoms with Crippen LogP contribution in [0.3, 0.4) is 0 Å². The highest BCUT2D eigenvalue weighted by Crippen LogP contribution is 2.22. The normalized spacial score (nSPS) is 22.4. The summed E-state index contributed by atoms with van der Waals surface area (Å²) in [6.45, 7) is 3.60. The molecule has 1 heterocycles. The summed E-state index contributed by atoms with van der Waals surface area (Å²) in [5.74, 6) is 0.591. The lowest BCUT2D eigenvalue weighted by molar-refractivity contribution is -0.129. The van der Waals surface area contributed by atoms with Gasteiger partial charge in [-0.2, -0.15) is 0 Å². The van der Waals surface area contributed by atoms with Crippen molar-refractivity contribution in [2.45, 2.75) is 25.6 Å². The van der Waals surface area contributed by atoms with Crippen LogP contribution in [0.2, 0.25) is 5.02 Å². The summed E-state index contributed by atoms with van der Waals surface area (Å²) in [4.78, 5) is 12.1. The molecular formula is C14H19ClN2O3. The van der Waals surface area contributed by atoms with E-state index in [4.69, 9.17) is 21.1 Å². The predicted octanol–water partition coefficient (Wildman–Crippen LogP) is 1.34. The van der Waals surface area contributed by atoms with Gasteiger partial charge in [0.15, 0.2) is 0 Å². The highest BCUT2D eigenvalue weighted by molar-refractivity contribution is 6.30. The van der Waals surface area contributed by atoms with Crippen molar-refractivity contribution in [1.82, 2.24) is 10.6 Å². The van der Waals surface area contributed by atoms with Gasteiger partial charge < -0.3 is 20.1 Å². The van der Waals surface area contributed by atoms with E-state index >= 15 is 0 Å². The average Bonchev–Trinajstić information content (AvgIpc) is 2.46. The van der Waals surface area contributed by atoms with E-state index < -0.39 is 0 Å². The van der Waals surface area contributed by atoms with E-state index in [9.17, 15) is 4.79 Å². The van der Waals surface area contributed by atoms with E-state index in [1.54, 1.807) is 19.2 Å². The Labute approximate surface area is 123 Å². The van der Waals surface area contributed by atoms with Crippen molar-refractivity contribution in [3.8, 4) is 5.75 Å². The molecule has 0 saturated carbocycles. The minimum atomic E-state index is -0.318. The first-order valence-electron chi connectivity index (χ1n) is 6.57. The van der Waals surface area contributed by atoms with Gasteiger partial charge in [-0.05, 0) is 19.1 Å². The first-order chi connectivity index (χ1) is 9.61. The number of ether oxygens (including phenoxy) is 2. The molecule has 0 aliphatic carbocycles. The topological polar surface area (TPSA) is 59.6 Å². The van der Waals surface area contributed by atoms with E-state index in [1.165, 1.54) is 0 Å². The van der Waals surface area contributed by atoms with Gasteiger partial charge in [0.05, 0.1) is 19.8 Å². The third-order valence-corrected chi connectivity index (χ3v) is 3.54. The summed E-state index contributed by atoms with van der Waals surface area (Å²) in [5, 5.41) is 6.65. The average molecular weight is 299 g/mol. The van der Waals surface area contributed by atoms with Crippen molar-refractivity contribution in [3.05, 3.63) is 28.8 Å². The molecule has 0 bridgehead atoms. The van der Waals surface area contributed by atoms with E-state index in [2.05, 4.69) is 10.6 Å². The Bertz CT molecular complexity index is 481. The quantitative estimate of drug-likeness (QED) is 0.881. The fraction of sp³-hybridized carbons (Fsp3) is 0.500. The number of amides is 1. The molecule has 2 N–H and O–H groups in total. The molecule has 0 radical (unpaired) electrons. The van der Waals surface area contributed by atoms with Crippen LogP contribution in [0, 0.1) is 0 Å².